The van der Waals surface area contributed by atoms with Crippen LogP contribution in [-0.2, 0) is 6.42 Å². The molecule has 0 fully saturated rings. The lowest BCUT2D eigenvalue weighted by molar-refractivity contribution is 0.354. The molecule has 0 aliphatic carbocycles. The monoisotopic (exact) mass is 475 g/mol. The zero-order valence-corrected chi connectivity index (χ0v) is 18.7. The van der Waals surface area contributed by atoms with Gasteiger partial charge in [-0.3, -0.25) is 9.59 Å². The molecule has 31 heavy (non-hydrogen) atoms. The Balaban J connectivity index is 1.77. The Morgan fingerprint density at radius 1 is 1.06 bits per heavy atom. The molecule has 0 saturated heterocycles. The second-order valence-corrected chi connectivity index (χ2v) is 8.36. The molecule has 0 N–H and O–H groups in total. The average Bonchev–Trinajstić information content (AvgIpc) is 3.04. The number of aromatic nitrogens is 3. The van der Waals surface area contributed by atoms with Gasteiger partial charge in [0.05, 0.1) is 18.8 Å². The van der Waals surface area contributed by atoms with Crippen molar-refractivity contribution in [2.75, 3.05) is 14.2 Å². The smallest absolute Gasteiger partial charge is 0.296 e. The number of halogens is 2. The minimum absolute atomic E-state index is 0.149. The van der Waals surface area contributed by atoms with E-state index in [1.165, 1.54) is 7.11 Å². The van der Waals surface area contributed by atoms with Crippen molar-refractivity contribution in [1.29, 1.82) is 0 Å². The second-order valence-electron chi connectivity index (χ2n) is 6.51. The second kappa shape index (κ2) is 8.66. The van der Waals surface area contributed by atoms with Crippen molar-refractivity contribution >= 4 is 45.6 Å². The molecule has 4 rings (SSSR count). The molecule has 7 nitrogen and oxygen atoms in total. The highest BCUT2D eigenvalue weighted by Gasteiger charge is 2.13. The molecular weight excluding hydrogens is 461 g/mol. The van der Waals surface area contributed by atoms with E-state index in [1.54, 1.807) is 49.6 Å². The van der Waals surface area contributed by atoms with Crippen molar-refractivity contribution in [1.82, 2.24) is 14.6 Å². The number of rotatable bonds is 5. The highest BCUT2D eigenvalue weighted by molar-refractivity contribution is 7.15. The van der Waals surface area contributed by atoms with Crippen molar-refractivity contribution in [3.63, 3.8) is 0 Å². The van der Waals surface area contributed by atoms with Crippen LogP contribution in [0.2, 0.25) is 10.0 Å². The van der Waals surface area contributed by atoms with E-state index in [4.69, 9.17) is 32.7 Å². The lowest BCUT2D eigenvalue weighted by atomic mass is 10.1. The number of fused-ring (bicyclic) bond motifs is 1. The predicted molar refractivity (Wildman–Crippen MR) is 121 cm³/mol. The Kier molecular flexibility index (Phi) is 5.95. The molecule has 2 heterocycles. The fourth-order valence-electron chi connectivity index (χ4n) is 3.00. The summed E-state index contributed by atoms with van der Waals surface area (Å²) in [6.07, 6.45) is 1.81. The first-order chi connectivity index (χ1) is 14.9. The third-order valence-corrected chi connectivity index (χ3v) is 6.04. The van der Waals surface area contributed by atoms with Gasteiger partial charge in [0.25, 0.3) is 11.1 Å². The van der Waals surface area contributed by atoms with Crippen LogP contribution in [0.25, 0.3) is 11.0 Å². The maximum atomic E-state index is 12.8. The average molecular weight is 476 g/mol. The topological polar surface area (TPSA) is 82.8 Å². The molecule has 0 aliphatic rings. The van der Waals surface area contributed by atoms with Crippen LogP contribution in [0, 0.1) is 0 Å². The molecule has 0 radical (unpaired) electrons. The zero-order chi connectivity index (χ0) is 22.1. The summed E-state index contributed by atoms with van der Waals surface area (Å²) in [5.74, 6) is 1.11. The van der Waals surface area contributed by atoms with E-state index in [-0.39, 0.29) is 22.6 Å². The van der Waals surface area contributed by atoms with Crippen molar-refractivity contribution in [3.05, 3.63) is 88.5 Å². The molecule has 2 aromatic carbocycles. The van der Waals surface area contributed by atoms with Crippen molar-refractivity contribution < 1.29 is 9.47 Å². The number of hydrogen-bond donors (Lipinski definition) is 0. The fraction of sp³-hybridized carbons (Fsp3) is 0.143. The molecule has 158 valence electrons. The van der Waals surface area contributed by atoms with Crippen LogP contribution in [0.3, 0.4) is 0 Å². The Morgan fingerprint density at radius 3 is 2.55 bits per heavy atom. The molecule has 2 aromatic heterocycles. The summed E-state index contributed by atoms with van der Waals surface area (Å²) in [6, 6.07) is 10.3. The van der Waals surface area contributed by atoms with E-state index >= 15 is 0 Å². The van der Waals surface area contributed by atoms with Gasteiger partial charge in [-0.05, 0) is 41.5 Å². The minimum atomic E-state index is -0.493. The van der Waals surface area contributed by atoms with Crippen LogP contribution in [0.5, 0.6) is 11.5 Å². The molecule has 0 atom stereocenters. The summed E-state index contributed by atoms with van der Waals surface area (Å²) < 4.78 is 12.0. The van der Waals surface area contributed by atoms with Gasteiger partial charge >= 0.3 is 0 Å². The molecule has 10 heteroatoms. The first-order valence-corrected chi connectivity index (χ1v) is 10.6. The number of methoxy groups -OCH3 is 2. The standard InChI is InChI=1S/C21H15Cl2N3O4S/c1-29-16-6-3-11(8-17(16)30-2)7-15-19(27)24-21-26(25-15)20(28)18(31-21)9-12-4-5-13(22)10-14(12)23/h3-6,8-10H,7H2,1-2H3/b18-9+. The number of hydrogen-bond acceptors (Lipinski definition) is 7. The van der Waals surface area contributed by atoms with E-state index < -0.39 is 5.56 Å². The van der Waals surface area contributed by atoms with E-state index in [0.717, 1.165) is 21.4 Å². The van der Waals surface area contributed by atoms with Gasteiger partial charge in [0, 0.05) is 16.5 Å². The third-order valence-electron chi connectivity index (χ3n) is 4.52. The quantitative estimate of drug-likeness (QED) is 0.441. The number of ether oxygens (including phenoxy) is 2. The lowest BCUT2D eigenvalue weighted by Gasteiger charge is -2.09. The Morgan fingerprint density at radius 2 is 1.84 bits per heavy atom. The SMILES string of the molecule is COc1ccc(Cc2nn3c(=O)/c(=C\c4ccc(Cl)cc4Cl)sc3nc2=O)cc1OC. The van der Waals surface area contributed by atoms with Gasteiger partial charge in [0.2, 0.25) is 4.96 Å². The maximum absolute atomic E-state index is 12.8. The number of thiazole rings is 1. The van der Waals surface area contributed by atoms with E-state index in [9.17, 15) is 9.59 Å². The third kappa shape index (κ3) is 4.27. The van der Waals surface area contributed by atoms with Crippen molar-refractivity contribution in [3.8, 4) is 11.5 Å². The van der Waals surface area contributed by atoms with Gasteiger partial charge in [0.1, 0.15) is 5.69 Å². The molecule has 0 aliphatic heterocycles. The number of benzene rings is 2. The maximum Gasteiger partial charge on any atom is 0.296 e. The molecular formula is C21H15Cl2N3O4S. The van der Waals surface area contributed by atoms with Gasteiger partial charge < -0.3 is 9.47 Å². The summed E-state index contributed by atoms with van der Waals surface area (Å²) in [5.41, 5.74) is 0.671. The van der Waals surface area contributed by atoms with Crippen LogP contribution in [-0.4, -0.2) is 28.8 Å². The van der Waals surface area contributed by atoms with Crippen molar-refractivity contribution in [2.24, 2.45) is 0 Å². The van der Waals surface area contributed by atoms with E-state index in [2.05, 4.69) is 10.1 Å². The first kappa shape index (κ1) is 21.3. The van der Waals surface area contributed by atoms with Gasteiger partial charge in [-0.15, -0.1) is 0 Å². The van der Waals surface area contributed by atoms with E-state index in [0.29, 0.717) is 31.6 Å². The molecule has 0 unspecified atom stereocenters. The van der Waals surface area contributed by atoms with Crippen LogP contribution in [0.4, 0.5) is 0 Å². The number of nitrogens with zero attached hydrogens (tertiary/aromatic N) is 3. The first-order valence-electron chi connectivity index (χ1n) is 9.00. The van der Waals surface area contributed by atoms with Crippen LogP contribution >= 0.6 is 34.5 Å². The summed E-state index contributed by atoms with van der Waals surface area (Å²) >= 11 is 13.2. The molecule has 4 aromatic rings. The molecule has 0 bridgehead atoms. The largest absolute Gasteiger partial charge is 0.493 e. The van der Waals surface area contributed by atoms with E-state index in [1.807, 2.05) is 0 Å². The van der Waals surface area contributed by atoms with Crippen molar-refractivity contribution in [2.45, 2.75) is 6.42 Å². The summed E-state index contributed by atoms with van der Waals surface area (Å²) in [5, 5.41) is 5.17. The van der Waals surface area contributed by atoms with Gasteiger partial charge in [-0.2, -0.15) is 14.6 Å². The fourth-order valence-corrected chi connectivity index (χ4v) is 4.35. The van der Waals surface area contributed by atoms with Crippen LogP contribution in [0.1, 0.15) is 16.8 Å². The highest BCUT2D eigenvalue weighted by atomic mass is 35.5. The van der Waals surface area contributed by atoms with Gasteiger partial charge in [-0.25, -0.2) is 0 Å². The Hall–Kier alpha value is -2.94. The summed E-state index contributed by atoms with van der Waals surface area (Å²) in [7, 11) is 3.07. The zero-order valence-electron chi connectivity index (χ0n) is 16.4. The lowest BCUT2D eigenvalue weighted by Crippen LogP contribution is -2.28. The summed E-state index contributed by atoms with van der Waals surface area (Å²) in [4.78, 5) is 29.6. The minimum Gasteiger partial charge on any atom is -0.493 e. The Bertz CT molecular complexity index is 1470. The molecule has 0 saturated carbocycles. The normalized spacial score (nSPS) is 11.8. The Labute approximate surface area is 190 Å². The summed E-state index contributed by atoms with van der Waals surface area (Å²) in [6.45, 7) is 0. The molecule has 0 spiro atoms. The van der Waals surface area contributed by atoms with Crippen LogP contribution in [0.15, 0.2) is 46.0 Å². The highest BCUT2D eigenvalue weighted by Crippen LogP contribution is 2.28. The van der Waals surface area contributed by atoms with Gasteiger partial charge in [0.15, 0.2) is 11.5 Å². The van der Waals surface area contributed by atoms with Gasteiger partial charge in [-0.1, -0.05) is 46.7 Å². The van der Waals surface area contributed by atoms with Crippen LogP contribution < -0.4 is 25.1 Å². The molecule has 0 amide bonds. The predicted octanol–water partition coefficient (Wildman–Crippen LogP) is 2.97.